The molecule has 0 aromatic heterocycles. The molecule has 2 aromatic rings. The van der Waals surface area contributed by atoms with Gasteiger partial charge < -0.3 is 9.47 Å². The Morgan fingerprint density at radius 2 is 1.77 bits per heavy atom. The van der Waals surface area contributed by atoms with Crippen LogP contribution in [-0.4, -0.2) is 43.5 Å². The Balaban J connectivity index is 1.73. The van der Waals surface area contributed by atoms with Gasteiger partial charge in [0, 0.05) is 24.7 Å². The maximum atomic E-state index is 12.5. The van der Waals surface area contributed by atoms with Crippen LogP contribution in [0, 0.1) is 0 Å². The molecule has 1 unspecified atom stereocenters. The molecule has 3 rings (SSSR count). The third kappa shape index (κ3) is 5.65. The van der Waals surface area contributed by atoms with Crippen LogP contribution in [-0.2, 0) is 4.79 Å². The molecule has 0 amide bonds. The average Bonchev–Trinajstić information content (AvgIpc) is 2.74. The quantitative estimate of drug-likeness (QED) is 0.522. The first kappa shape index (κ1) is 22.4. The fourth-order valence-electron chi connectivity index (χ4n) is 3.81. The van der Waals surface area contributed by atoms with E-state index in [0.29, 0.717) is 25.5 Å². The van der Waals surface area contributed by atoms with Crippen LogP contribution < -0.4 is 9.47 Å². The summed E-state index contributed by atoms with van der Waals surface area (Å²) in [6.07, 6.45) is 3.22. The Morgan fingerprint density at radius 3 is 2.37 bits per heavy atom. The number of hydrogen-bond acceptors (Lipinski definition) is 4. The number of benzene rings is 2. The second-order valence-electron chi connectivity index (χ2n) is 7.48. The molecule has 0 radical (unpaired) electrons. The Kier molecular flexibility index (Phi) is 7.94. The number of ketones is 1. The Labute approximate surface area is 184 Å². The van der Waals surface area contributed by atoms with Crippen molar-refractivity contribution in [3.05, 3.63) is 64.7 Å². The van der Waals surface area contributed by atoms with E-state index in [0.717, 1.165) is 35.8 Å². The minimum Gasteiger partial charge on any atom is -0.490 e. The van der Waals surface area contributed by atoms with Gasteiger partial charge >= 0.3 is 0 Å². The minimum absolute atomic E-state index is 0.161. The molecule has 0 fully saturated rings. The van der Waals surface area contributed by atoms with E-state index in [2.05, 4.69) is 23.1 Å². The van der Waals surface area contributed by atoms with Gasteiger partial charge in [-0.05, 0) is 68.2 Å². The van der Waals surface area contributed by atoms with Crippen LogP contribution in [0.25, 0.3) is 5.57 Å². The average molecular weight is 428 g/mol. The lowest BCUT2D eigenvalue weighted by atomic mass is 9.93. The Hall–Kier alpha value is -2.30. The van der Waals surface area contributed by atoms with Gasteiger partial charge in [-0.15, -0.1) is 0 Å². The summed E-state index contributed by atoms with van der Waals surface area (Å²) in [6, 6.07) is 13.8. The molecule has 1 heterocycles. The number of carbonyl (C=O) groups is 1. The van der Waals surface area contributed by atoms with Crippen LogP contribution in [0.4, 0.5) is 0 Å². The highest BCUT2D eigenvalue weighted by molar-refractivity contribution is 6.30. The van der Waals surface area contributed by atoms with Crippen molar-refractivity contribution in [3.63, 3.8) is 0 Å². The molecule has 0 aliphatic carbocycles. The molecular formula is C25H30ClNO3. The number of ether oxygens (including phenoxy) is 2. The van der Waals surface area contributed by atoms with Crippen LogP contribution in [0.15, 0.2) is 48.5 Å². The number of nitrogens with zero attached hydrogens (tertiary/aromatic N) is 1. The first-order chi connectivity index (χ1) is 14.5. The number of rotatable bonds is 9. The fourth-order valence-corrected chi connectivity index (χ4v) is 3.94. The van der Waals surface area contributed by atoms with Crippen molar-refractivity contribution in [2.75, 3.05) is 32.8 Å². The molecule has 0 saturated carbocycles. The van der Waals surface area contributed by atoms with Crippen molar-refractivity contribution in [1.29, 1.82) is 0 Å². The summed E-state index contributed by atoms with van der Waals surface area (Å²) in [5, 5.41) is 0.753. The van der Waals surface area contributed by atoms with Crippen LogP contribution in [0.5, 0.6) is 11.5 Å². The van der Waals surface area contributed by atoms with Crippen LogP contribution in [0.1, 0.15) is 44.2 Å². The van der Waals surface area contributed by atoms with Gasteiger partial charge in [-0.2, -0.15) is 0 Å². The second-order valence-corrected chi connectivity index (χ2v) is 7.92. The molecule has 30 heavy (non-hydrogen) atoms. The standard InChI is InChI=1S/C25H30ClNO3/c1-4-29-24-11-8-21(16-25(24)30-5-2)23(18(3)28)17-27-14-12-20(13-15-27)19-6-9-22(26)10-7-19/h6-12,16,23H,4-5,13-15,17H2,1-3H3. The molecule has 5 heteroatoms. The predicted molar refractivity (Wildman–Crippen MR) is 123 cm³/mol. The second kappa shape index (κ2) is 10.6. The van der Waals surface area contributed by atoms with E-state index in [-0.39, 0.29) is 11.7 Å². The summed E-state index contributed by atoms with van der Waals surface area (Å²) >= 11 is 6.00. The summed E-state index contributed by atoms with van der Waals surface area (Å²) in [7, 11) is 0. The maximum absolute atomic E-state index is 12.5. The zero-order valence-electron chi connectivity index (χ0n) is 18.0. The monoisotopic (exact) mass is 427 g/mol. The third-order valence-corrected chi connectivity index (χ3v) is 5.66. The van der Waals surface area contributed by atoms with Crippen molar-refractivity contribution in [3.8, 4) is 11.5 Å². The van der Waals surface area contributed by atoms with Crippen LogP contribution in [0.2, 0.25) is 5.02 Å². The summed E-state index contributed by atoms with van der Waals surface area (Å²) in [5.74, 6) is 1.39. The van der Waals surface area contributed by atoms with Crippen LogP contribution in [0.3, 0.4) is 0 Å². The molecular weight excluding hydrogens is 398 g/mol. The number of halogens is 1. The molecule has 2 aromatic carbocycles. The Morgan fingerprint density at radius 1 is 1.07 bits per heavy atom. The first-order valence-corrected chi connectivity index (χ1v) is 11.0. The van der Waals surface area contributed by atoms with Gasteiger partial charge in [-0.3, -0.25) is 9.69 Å². The van der Waals surface area contributed by atoms with E-state index in [1.165, 1.54) is 11.1 Å². The first-order valence-electron chi connectivity index (χ1n) is 10.6. The van der Waals surface area contributed by atoms with Crippen molar-refractivity contribution < 1.29 is 14.3 Å². The number of carbonyl (C=O) groups excluding carboxylic acids is 1. The van der Waals surface area contributed by atoms with E-state index >= 15 is 0 Å². The van der Waals surface area contributed by atoms with Gasteiger partial charge in [-0.1, -0.05) is 35.9 Å². The number of Topliss-reactive ketones (excluding diaryl/α,β-unsaturated/α-hetero) is 1. The summed E-state index contributed by atoms with van der Waals surface area (Å²) in [6.45, 7) is 9.14. The van der Waals surface area contributed by atoms with E-state index in [9.17, 15) is 4.79 Å². The number of hydrogen-bond donors (Lipinski definition) is 0. The predicted octanol–water partition coefficient (Wildman–Crippen LogP) is 5.60. The maximum Gasteiger partial charge on any atom is 0.161 e. The fraction of sp³-hybridized carbons (Fsp3) is 0.400. The molecule has 0 saturated heterocycles. The van der Waals surface area contributed by atoms with Crippen molar-refractivity contribution >= 4 is 23.0 Å². The highest BCUT2D eigenvalue weighted by atomic mass is 35.5. The molecule has 1 atom stereocenters. The molecule has 0 bridgehead atoms. The van der Waals surface area contributed by atoms with E-state index in [1.807, 2.05) is 44.2 Å². The highest BCUT2D eigenvalue weighted by Gasteiger charge is 2.23. The lowest BCUT2D eigenvalue weighted by Gasteiger charge is -2.30. The SMILES string of the molecule is CCOc1ccc(C(CN2CC=C(c3ccc(Cl)cc3)CC2)C(C)=O)cc1OCC. The zero-order valence-corrected chi connectivity index (χ0v) is 18.7. The molecule has 160 valence electrons. The summed E-state index contributed by atoms with van der Waals surface area (Å²) in [4.78, 5) is 14.8. The topological polar surface area (TPSA) is 38.8 Å². The summed E-state index contributed by atoms with van der Waals surface area (Å²) in [5.41, 5.74) is 3.53. The van der Waals surface area contributed by atoms with E-state index in [1.54, 1.807) is 6.92 Å². The van der Waals surface area contributed by atoms with Gasteiger partial charge in [0.15, 0.2) is 11.5 Å². The molecule has 0 spiro atoms. The van der Waals surface area contributed by atoms with E-state index < -0.39 is 0 Å². The van der Waals surface area contributed by atoms with Gasteiger partial charge in [0.05, 0.1) is 19.1 Å². The molecule has 1 aliphatic heterocycles. The van der Waals surface area contributed by atoms with Crippen molar-refractivity contribution in [1.82, 2.24) is 4.90 Å². The third-order valence-electron chi connectivity index (χ3n) is 5.41. The normalized spacial score (nSPS) is 15.4. The smallest absolute Gasteiger partial charge is 0.161 e. The molecule has 1 aliphatic rings. The lowest BCUT2D eigenvalue weighted by Crippen LogP contribution is -2.34. The summed E-state index contributed by atoms with van der Waals surface area (Å²) < 4.78 is 11.4. The van der Waals surface area contributed by atoms with Gasteiger partial charge in [0.2, 0.25) is 0 Å². The molecule has 4 nitrogen and oxygen atoms in total. The van der Waals surface area contributed by atoms with Crippen molar-refractivity contribution in [2.45, 2.75) is 33.1 Å². The zero-order chi connectivity index (χ0) is 21.5. The Bertz CT molecular complexity index is 892. The van der Waals surface area contributed by atoms with E-state index in [4.69, 9.17) is 21.1 Å². The van der Waals surface area contributed by atoms with Gasteiger partial charge in [0.1, 0.15) is 5.78 Å². The molecule has 0 N–H and O–H groups in total. The largest absolute Gasteiger partial charge is 0.490 e. The van der Waals surface area contributed by atoms with Crippen molar-refractivity contribution in [2.24, 2.45) is 0 Å². The highest BCUT2D eigenvalue weighted by Crippen LogP contribution is 2.33. The van der Waals surface area contributed by atoms with Crippen LogP contribution >= 0.6 is 11.6 Å². The minimum atomic E-state index is -0.189. The lowest BCUT2D eigenvalue weighted by molar-refractivity contribution is -0.118. The van der Waals surface area contributed by atoms with Gasteiger partial charge in [-0.25, -0.2) is 0 Å². The van der Waals surface area contributed by atoms with Gasteiger partial charge in [0.25, 0.3) is 0 Å².